The van der Waals surface area contributed by atoms with Crippen LogP contribution in [0.15, 0.2) is 46.9 Å². The van der Waals surface area contributed by atoms with E-state index < -0.39 is 0 Å². The number of benzene rings is 2. The lowest BCUT2D eigenvalue weighted by atomic mass is 10.1. The Morgan fingerprint density at radius 3 is 2.46 bits per heavy atom. The van der Waals surface area contributed by atoms with Crippen molar-refractivity contribution in [1.29, 1.82) is 0 Å². The molecule has 1 N–H and O–H groups in total. The van der Waals surface area contributed by atoms with Gasteiger partial charge in [-0.25, -0.2) is 0 Å². The first-order chi connectivity index (χ1) is 12.6. The molecule has 2 rings (SSSR count). The van der Waals surface area contributed by atoms with Gasteiger partial charge in [0.05, 0.1) is 13.2 Å². The van der Waals surface area contributed by atoms with Crippen LogP contribution >= 0.6 is 15.9 Å². The van der Waals surface area contributed by atoms with Crippen LogP contribution < -0.4 is 14.8 Å². The van der Waals surface area contributed by atoms with Gasteiger partial charge in [-0.3, -0.25) is 0 Å². The van der Waals surface area contributed by atoms with Gasteiger partial charge < -0.3 is 14.8 Å². The number of ether oxygens (including phenoxy) is 2. The number of nitrogens with one attached hydrogen (secondary N) is 1. The molecule has 4 heteroatoms. The predicted octanol–water partition coefficient (Wildman–Crippen LogP) is 5.75. The molecule has 0 aliphatic carbocycles. The zero-order chi connectivity index (χ0) is 18.8. The standard InChI is InChI=1S/C22H30BrNO2/c1-4-13-26-22-15-20(23)19(14-21(22)25-5-2)16-24-17(3)11-12-18-9-7-6-8-10-18/h6-10,14-15,17,24H,4-5,11-13,16H2,1-3H3. The number of hydrogen-bond donors (Lipinski definition) is 1. The van der Waals surface area contributed by atoms with Crippen molar-refractivity contribution in [1.82, 2.24) is 5.32 Å². The Balaban J connectivity index is 1.93. The van der Waals surface area contributed by atoms with Crippen molar-refractivity contribution in [2.24, 2.45) is 0 Å². The van der Waals surface area contributed by atoms with Gasteiger partial charge in [0.15, 0.2) is 11.5 Å². The molecule has 26 heavy (non-hydrogen) atoms. The van der Waals surface area contributed by atoms with Crippen LogP contribution in [0.25, 0.3) is 0 Å². The molecule has 2 aromatic carbocycles. The monoisotopic (exact) mass is 419 g/mol. The lowest BCUT2D eigenvalue weighted by Crippen LogP contribution is -2.26. The summed E-state index contributed by atoms with van der Waals surface area (Å²) in [5.41, 5.74) is 2.57. The van der Waals surface area contributed by atoms with E-state index in [1.807, 2.05) is 13.0 Å². The Bertz CT molecular complexity index is 661. The number of aryl methyl sites for hydroxylation is 1. The smallest absolute Gasteiger partial charge is 0.162 e. The van der Waals surface area contributed by atoms with Crippen molar-refractivity contribution in [3.8, 4) is 11.5 Å². The Morgan fingerprint density at radius 2 is 1.77 bits per heavy atom. The van der Waals surface area contributed by atoms with Gasteiger partial charge in [0.25, 0.3) is 0 Å². The average molecular weight is 420 g/mol. The van der Waals surface area contributed by atoms with E-state index >= 15 is 0 Å². The van der Waals surface area contributed by atoms with Gasteiger partial charge in [-0.15, -0.1) is 0 Å². The molecule has 0 aliphatic rings. The molecular formula is C22H30BrNO2. The van der Waals surface area contributed by atoms with Gasteiger partial charge in [-0.05, 0) is 56.4 Å². The highest BCUT2D eigenvalue weighted by Crippen LogP contribution is 2.34. The summed E-state index contributed by atoms with van der Waals surface area (Å²) in [5, 5.41) is 3.62. The lowest BCUT2D eigenvalue weighted by molar-refractivity contribution is 0.276. The fourth-order valence-corrected chi connectivity index (χ4v) is 3.18. The molecule has 0 spiro atoms. The van der Waals surface area contributed by atoms with Crippen LogP contribution in [0.3, 0.4) is 0 Å². The van der Waals surface area contributed by atoms with Crippen LogP contribution in [0.2, 0.25) is 0 Å². The van der Waals surface area contributed by atoms with E-state index in [4.69, 9.17) is 9.47 Å². The second-order valence-corrected chi connectivity index (χ2v) is 7.33. The van der Waals surface area contributed by atoms with Crippen molar-refractivity contribution in [3.63, 3.8) is 0 Å². The van der Waals surface area contributed by atoms with Crippen LogP contribution in [0.5, 0.6) is 11.5 Å². The Morgan fingerprint density at radius 1 is 1.04 bits per heavy atom. The highest BCUT2D eigenvalue weighted by molar-refractivity contribution is 9.10. The molecule has 2 aromatic rings. The largest absolute Gasteiger partial charge is 0.490 e. The van der Waals surface area contributed by atoms with Gasteiger partial charge in [0, 0.05) is 17.1 Å². The second kappa shape index (κ2) is 11.2. The molecule has 0 aliphatic heterocycles. The highest BCUT2D eigenvalue weighted by Gasteiger charge is 2.12. The van der Waals surface area contributed by atoms with E-state index in [0.29, 0.717) is 19.3 Å². The quantitative estimate of drug-likeness (QED) is 0.502. The van der Waals surface area contributed by atoms with E-state index in [0.717, 1.165) is 41.8 Å². The summed E-state index contributed by atoms with van der Waals surface area (Å²) in [6.45, 7) is 8.45. The van der Waals surface area contributed by atoms with Gasteiger partial charge >= 0.3 is 0 Å². The van der Waals surface area contributed by atoms with E-state index in [-0.39, 0.29) is 0 Å². The minimum Gasteiger partial charge on any atom is -0.490 e. The third kappa shape index (κ3) is 6.65. The summed E-state index contributed by atoms with van der Waals surface area (Å²) in [7, 11) is 0. The van der Waals surface area contributed by atoms with Crippen molar-refractivity contribution >= 4 is 15.9 Å². The van der Waals surface area contributed by atoms with Crippen molar-refractivity contribution in [2.75, 3.05) is 13.2 Å². The summed E-state index contributed by atoms with van der Waals surface area (Å²) >= 11 is 3.67. The number of rotatable bonds is 11. The Hall–Kier alpha value is -1.52. The number of halogens is 1. The van der Waals surface area contributed by atoms with Crippen molar-refractivity contribution < 1.29 is 9.47 Å². The normalized spacial score (nSPS) is 12.0. The van der Waals surface area contributed by atoms with E-state index in [9.17, 15) is 0 Å². The zero-order valence-corrected chi connectivity index (χ0v) is 17.6. The molecule has 1 atom stereocenters. The summed E-state index contributed by atoms with van der Waals surface area (Å²) in [4.78, 5) is 0. The highest BCUT2D eigenvalue weighted by atomic mass is 79.9. The van der Waals surface area contributed by atoms with Crippen LogP contribution in [0.4, 0.5) is 0 Å². The van der Waals surface area contributed by atoms with Gasteiger partial charge in [-0.1, -0.05) is 53.2 Å². The van der Waals surface area contributed by atoms with Crippen LogP contribution in [-0.4, -0.2) is 19.3 Å². The molecule has 0 saturated carbocycles. The van der Waals surface area contributed by atoms with E-state index in [1.165, 1.54) is 11.1 Å². The lowest BCUT2D eigenvalue weighted by Gasteiger charge is -2.17. The topological polar surface area (TPSA) is 30.5 Å². The fourth-order valence-electron chi connectivity index (χ4n) is 2.72. The summed E-state index contributed by atoms with van der Waals surface area (Å²) in [6, 6.07) is 15.2. The predicted molar refractivity (Wildman–Crippen MR) is 112 cm³/mol. The minimum absolute atomic E-state index is 0.439. The molecule has 0 saturated heterocycles. The van der Waals surface area contributed by atoms with Crippen LogP contribution in [0.1, 0.15) is 44.7 Å². The number of hydrogen-bond acceptors (Lipinski definition) is 3. The average Bonchev–Trinajstić information content (AvgIpc) is 2.66. The third-order valence-corrected chi connectivity index (χ3v) is 4.96. The van der Waals surface area contributed by atoms with E-state index in [1.54, 1.807) is 0 Å². The summed E-state index contributed by atoms with van der Waals surface area (Å²) in [6.07, 6.45) is 3.17. The van der Waals surface area contributed by atoms with Gasteiger partial charge in [0.1, 0.15) is 0 Å². The summed E-state index contributed by atoms with van der Waals surface area (Å²) in [5.74, 6) is 1.62. The molecule has 0 heterocycles. The first-order valence-electron chi connectivity index (χ1n) is 9.49. The first-order valence-corrected chi connectivity index (χ1v) is 10.3. The SMILES string of the molecule is CCCOc1cc(Br)c(CNC(C)CCc2ccccc2)cc1OCC. The first kappa shape index (κ1) is 20.8. The van der Waals surface area contributed by atoms with Crippen molar-refractivity contribution in [3.05, 3.63) is 58.1 Å². The molecule has 0 aromatic heterocycles. The maximum atomic E-state index is 5.81. The molecule has 0 fully saturated rings. The molecule has 142 valence electrons. The maximum absolute atomic E-state index is 5.81. The van der Waals surface area contributed by atoms with Gasteiger partial charge in [0.2, 0.25) is 0 Å². The second-order valence-electron chi connectivity index (χ2n) is 6.48. The van der Waals surface area contributed by atoms with Crippen LogP contribution in [-0.2, 0) is 13.0 Å². The van der Waals surface area contributed by atoms with Gasteiger partial charge in [-0.2, -0.15) is 0 Å². The maximum Gasteiger partial charge on any atom is 0.162 e. The van der Waals surface area contributed by atoms with Crippen LogP contribution in [0, 0.1) is 0 Å². The minimum atomic E-state index is 0.439. The fraction of sp³-hybridized carbons (Fsp3) is 0.455. The molecule has 1 unspecified atom stereocenters. The van der Waals surface area contributed by atoms with Crippen molar-refractivity contribution in [2.45, 2.75) is 52.6 Å². The molecule has 0 amide bonds. The Kier molecular flexibility index (Phi) is 8.99. The molecule has 0 bridgehead atoms. The summed E-state index contributed by atoms with van der Waals surface area (Å²) < 4.78 is 12.6. The third-order valence-electron chi connectivity index (χ3n) is 4.22. The Labute approximate surface area is 166 Å². The molecule has 3 nitrogen and oxygen atoms in total. The zero-order valence-electron chi connectivity index (χ0n) is 16.1. The molecule has 0 radical (unpaired) electrons. The molecular weight excluding hydrogens is 390 g/mol. The van der Waals surface area contributed by atoms with E-state index in [2.05, 4.69) is 71.5 Å².